The number of amides is 2. The quantitative estimate of drug-likeness (QED) is 0.340. The summed E-state index contributed by atoms with van der Waals surface area (Å²) in [5.74, 6) is -0.471. The van der Waals surface area contributed by atoms with Crippen LogP contribution in [0.4, 0.5) is 11.4 Å². The van der Waals surface area contributed by atoms with E-state index in [1.165, 1.54) is 0 Å². The van der Waals surface area contributed by atoms with Crippen molar-refractivity contribution in [1.29, 1.82) is 0 Å². The Morgan fingerprint density at radius 2 is 1.57 bits per heavy atom. The Labute approximate surface area is 247 Å². The molecule has 1 heterocycles. The molecule has 40 heavy (non-hydrogen) atoms. The number of likely N-dealkylation sites (N-methyl/N-ethyl adjacent to an activating group) is 1. The molecule has 9 heteroatoms. The number of hydrogen-bond donors (Lipinski definition) is 2. The van der Waals surface area contributed by atoms with Crippen LogP contribution in [0.25, 0.3) is 0 Å². The number of piperazine rings is 1. The van der Waals surface area contributed by atoms with E-state index >= 15 is 0 Å². The molecular formula is C31H37Cl2N5O2. The Hall–Kier alpha value is -3.10. The van der Waals surface area contributed by atoms with E-state index in [9.17, 15) is 9.59 Å². The molecule has 3 aromatic rings. The normalized spacial score (nSPS) is 14.7. The van der Waals surface area contributed by atoms with Crippen molar-refractivity contribution in [3.8, 4) is 0 Å². The first-order valence-corrected chi connectivity index (χ1v) is 14.3. The van der Waals surface area contributed by atoms with Crippen molar-refractivity contribution in [2.45, 2.75) is 19.4 Å². The molecule has 1 atom stereocenters. The summed E-state index contributed by atoms with van der Waals surface area (Å²) in [6, 6.07) is 19.9. The predicted molar refractivity (Wildman–Crippen MR) is 165 cm³/mol. The number of hydrogen-bond acceptors (Lipinski definition) is 5. The number of nitrogens with zero attached hydrogens (tertiary/aromatic N) is 3. The van der Waals surface area contributed by atoms with Crippen LogP contribution >= 0.6 is 23.2 Å². The minimum atomic E-state index is -0.276. The van der Waals surface area contributed by atoms with Gasteiger partial charge in [0.1, 0.15) is 0 Å². The Morgan fingerprint density at radius 3 is 2.25 bits per heavy atom. The van der Waals surface area contributed by atoms with Gasteiger partial charge in [-0.2, -0.15) is 0 Å². The number of carbonyl (C=O) groups excluding carboxylic acids is 2. The van der Waals surface area contributed by atoms with Crippen LogP contribution in [0.3, 0.4) is 0 Å². The van der Waals surface area contributed by atoms with Gasteiger partial charge in [0.05, 0.1) is 11.4 Å². The van der Waals surface area contributed by atoms with Crippen LogP contribution in [-0.4, -0.2) is 81.0 Å². The van der Waals surface area contributed by atoms with Crippen LogP contribution in [0, 0.1) is 0 Å². The molecule has 7 nitrogen and oxygen atoms in total. The third-order valence-electron chi connectivity index (χ3n) is 7.00. The van der Waals surface area contributed by atoms with Crippen LogP contribution in [0.1, 0.15) is 33.2 Å². The Balaban J connectivity index is 1.51. The largest absolute Gasteiger partial charge is 0.367 e. The predicted octanol–water partition coefficient (Wildman–Crippen LogP) is 5.29. The number of nitrogens with one attached hydrogen (secondary N) is 2. The standard InChI is InChI=1S/C31H37Cl2N5O2/c1-22(19-23-7-10-26(32)11-8-23)34-30(39)25-9-12-29(38-17-15-37(16-18-38)14-13-36(2)3)28(21-25)35-31(40)24-5-4-6-27(33)20-24/h4-12,20-22H,13-19H2,1-3H3,(H,34,39)(H,35,40). The SMILES string of the molecule is CC(Cc1ccc(Cl)cc1)NC(=O)c1ccc(N2CCN(CCN(C)C)CC2)c(NC(=O)c2cccc(Cl)c2)c1. The van der Waals surface area contributed by atoms with E-state index in [1.807, 2.05) is 43.3 Å². The summed E-state index contributed by atoms with van der Waals surface area (Å²) < 4.78 is 0. The maximum absolute atomic E-state index is 13.2. The zero-order valence-electron chi connectivity index (χ0n) is 23.3. The highest BCUT2D eigenvalue weighted by molar-refractivity contribution is 6.31. The number of halogens is 2. The third-order valence-corrected chi connectivity index (χ3v) is 7.49. The average molecular weight is 583 g/mol. The van der Waals surface area contributed by atoms with Crippen molar-refractivity contribution in [3.05, 3.63) is 93.5 Å². The van der Waals surface area contributed by atoms with E-state index in [2.05, 4.69) is 39.4 Å². The lowest BCUT2D eigenvalue weighted by molar-refractivity contribution is 0.0939. The fraction of sp³-hybridized carbons (Fsp3) is 0.355. The van der Waals surface area contributed by atoms with Gasteiger partial charge in [-0.1, -0.05) is 41.4 Å². The molecule has 4 rings (SSSR count). The van der Waals surface area contributed by atoms with Crippen molar-refractivity contribution in [2.24, 2.45) is 0 Å². The molecule has 0 bridgehead atoms. The summed E-state index contributed by atoms with van der Waals surface area (Å²) in [5, 5.41) is 7.30. The van der Waals surface area contributed by atoms with E-state index in [0.29, 0.717) is 33.3 Å². The van der Waals surface area contributed by atoms with Gasteiger partial charge in [0.2, 0.25) is 0 Å². The van der Waals surface area contributed by atoms with E-state index in [1.54, 1.807) is 30.3 Å². The molecule has 0 radical (unpaired) electrons. The molecular weight excluding hydrogens is 545 g/mol. The fourth-order valence-electron chi connectivity index (χ4n) is 4.76. The van der Waals surface area contributed by atoms with Crippen LogP contribution in [-0.2, 0) is 6.42 Å². The molecule has 1 aliphatic heterocycles. The highest BCUT2D eigenvalue weighted by Gasteiger charge is 2.22. The molecule has 2 amide bonds. The van der Waals surface area contributed by atoms with E-state index < -0.39 is 0 Å². The smallest absolute Gasteiger partial charge is 0.255 e. The molecule has 0 aliphatic carbocycles. The average Bonchev–Trinajstić information content (AvgIpc) is 2.93. The molecule has 0 aromatic heterocycles. The van der Waals surface area contributed by atoms with E-state index in [4.69, 9.17) is 23.2 Å². The van der Waals surface area contributed by atoms with Crippen molar-refractivity contribution >= 4 is 46.4 Å². The Kier molecular flexibility index (Phi) is 10.5. The minimum Gasteiger partial charge on any atom is -0.367 e. The molecule has 1 unspecified atom stereocenters. The molecule has 1 fully saturated rings. The summed E-state index contributed by atoms with van der Waals surface area (Å²) in [6.45, 7) is 7.53. The lowest BCUT2D eigenvalue weighted by Crippen LogP contribution is -2.48. The number of carbonyl (C=O) groups is 2. The third kappa shape index (κ3) is 8.45. The van der Waals surface area contributed by atoms with Gasteiger partial charge >= 0.3 is 0 Å². The lowest BCUT2D eigenvalue weighted by atomic mass is 10.1. The molecule has 212 valence electrons. The van der Waals surface area contributed by atoms with Crippen molar-refractivity contribution < 1.29 is 9.59 Å². The first kappa shape index (κ1) is 29.9. The highest BCUT2D eigenvalue weighted by atomic mass is 35.5. The second kappa shape index (κ2) is 14.0. The van der Waals surface area contributed by atoms with Crippen molar-refractivity contribution in [1.82, 2.24) is 15.1 Å². The first-order valence-electron chi connectivity index (χ1n) is 13.6. The Morgan fingerprint density at radius 1 is 0.875 bits per heavy atom. The molecule has 1 saturated heterocycles. The second-order valence-corrected chi connectivity index (χ2v) is 11.4. The van der Waals surface area contributed by atoms with E-state index in [0.717, 1.165) is 50.5 Å². The monoisotopic (exact) mass is 581 g/mol. The van der Waals surface area contributed by atoms with Crippen molar-refractivity contribution in [2.75, 3.05) is 63.6 Å². The van der Waals surface area contributed by atoms with Crippen LogP contribution in [0.15, 0.2) is 66.7 Å². The molecule has 0 spiro atoms. The summed E-state index contributed by atoms with van der Waals surface area (Å²) in [5.41, 5.74) is 3.53. The summed E-state index contributed by atoms with van der Waals surface area (Å²) in [7, 11) is 4.17. The topological polar surface area (TPSA) is 67.9 Å². The van der Waals surface area contributed by atoms with Gasteiger partial charge < -0.3 is 20.4 Å². The van der Waals surface area contributed by atoms with Gasteiger partial charge in [0, 0.05) is 66.5 Å². The van der Waals surface area contributed by atoms with Crippen LogP contribution in [0.5, 0.6) is 0 Å². The zero-order chi connectivity index (χ0) is 28.6. The van der Waals surface area contributed by atoms with Gasteiger partial charge in [-0.3, -0.25) is 14.5 Å². The van der Waals surface area contributed by atoms with Gasteiger partial charge in [-0.05, 0) is 81.5 Å². The number of rotatable bonds is 10. The minimum absolute atomic E-state index is 0.0897. The molecule has 2 N–H and O–H groups in total. The number of anilines is 2. The van der Waals surface area contributed by atoms with Crippen LogP contribution in [0.2, 0.25) is 10.0 Å². The van der Waals surface area contributed by atoms with Gasteiger partial charge in [-0.25, -0.2) is 0 Å². The molecule has 3 aromatic carbocycles. The van der Waals surface area contributed by atoms with Crippen LogP contribution < -0.4 is 15.5 Å². The summed E-state index contributed by atoms with van der Waals surface area (Å²) >= 11 is 12.1. The van der Waals surface area contributed by atoms with Gasteiger partial charge in [0.25, 0.3) is 11.8 Å². The maximum Gasteiger partial charge on any atom is 0.255 e. The maximum atomic E-state index is 13.2. The van der Waals surface area contributed by atoms with E-state index in [-0.39, 0.29) is 17.9 Å². The van der Waals surface area contributed by atoms with Gasteiger partial charge in [0.15, 0.2) is 0 Å². The first-order chi connectivity index (χ1) is 19.2. The lowest BCUT2D eigenvalue weighted by Gasteiger charge is -2.37. The Bertz CT molecular complexity index is 1310. The zero-order valence-corrected chi connectivity index (χ0v) is 24.8. The highest BCUT2D eigenvalue weighted by Crippen LogP contribution is 2.29. The summed E-state index contributed by atoms with van der Waals surface area (Å²) in [4.78, 5) is 33.3. The van der Waals surface area contributed by atoms with Crippen molar-refractivity contribution in [3.63, 3.8) is 0 Å². The molecule has 1 aliphatic rings. The molecule has 0 saturated carbocycles. The van der Waals surface area contributed by atoms with Gasteiger partial charge in [-0.15, -0.1) is 0 Å². The summed E-state index contributed by atoms with van der Waals surface area (Å²) in [6.07, 6.45) is 0.678. The fourth-order valence-corrected chi connectivity index (χ4v) is 5.08. The number of benzene rings is 3. The second-order valence-electron chi connectivity index (χ2n) is 10.5.